The highest BCUT2D eigenvalue weighted by Crippen LogP contribution is 2.54. The summed E-state index contributed by atoms with van der Waals surface area (Å²) >= 11 is 0. The fourth-order valence-electron chi connectivity index (χ4n) is 2.95. The maximum absolute atomic E-state index is 9.17. The summed E-state index contributed by atoms with van der Waals surface area (Å²) in [5.74, 6) is 0. The quantitative estimate of drug-likeness (QED) is 0.866. The van der Waals surface area contributed by atoms with E-state index in [-0.39, 0.29) is 5.41 Å². The molecule has 2 aliphatic carbocycles. The monoisotopic (exact) mass is 254 g/mol. The van der Waals surface area contributed by atoms with E-state index in [1.54, 1.807) is 0 Å². The van der Waals surface area contributed by atoms with E-state index in [9.17, 15) is 5.26 Å². The van der Waals surface area contributed by atoms with E-state index >= 15 is 0 Å². The summed E-state index contributed by atoms with van der Waals surface area (Å²) < 4.78 is 0. The first-order chi connectivity index (χ1) is 9.14. The molecule has 0 amide bonds. The minimum absolute atomic E-state index is 0.250. The molecule has 0 atom stereocenters. The molecule has 3 aliphatic rings. The van der Waals surface area contributed by atoms with Crippen LogP contribution in [0.2, 0.25) is 0 Å². The fourth-order valence-corrected chi connectivity index (χ4v) is 2.95. The lowest BCUT2D eigenvalue weighted by Crippen LogP contribution is -2.27. The first-order valence-corrected chi connectivity index (χ1v) is 7.08. The molecule has 4 rings (SSSR count). The number of pyridine rings is 1. The van der Waals surface area contributed by atoms with Gasteiger partial charge in [-0.25, -0.2) is 4.98 Å². The Morgan fingerprint density at radius 1 is 1.42 bits per heavy atom. The van der Waals surface area contributed by atoms with Gasteiger partial charge in [0.15, 0.2) is 0 Å². The van der Waals surface area contributed by atoms with E-state index in [1.807, 2.05) is 6.07 Å². The third-order valence-corrected chi connectivity index (χ3v) is 4.88. The molecule has 1 aliphatic heterocycles. The average Bonchev–Trinajstić information content (AvgIpc) is 3.30. The van der Waals surface area contributed by atoms with E-state index in [0.29, 0.717) is 11.2 Å². The molecule has 4 heteroatoms. The number of nitrogens with one attached hydrogen (secondary N) is 2. The van der Waals surface area contributed by atoms with Crippen molar-refractivity contribution in [3.8, 4) is 6.07 Å². The average molecular weight is 254 g/mol. The summed E-state index contributed by atoms with van der Waals surface area (Å²) in [7, 11) is 0. The summed E-state index contributed by atoms with van der Waals surface area (Å²) in [5.41, 5.74) is 4.67. The van der Waals surface area contributed by atoms with Gasteiger partial charge in [0.05, 0.1) is 11.4 Å². The summed E-state index contributed by atoms with van der Waals surface area (Å²) in [6.45, 7) is 4.09. The smallest absolute Gasteiger partial charge is 0.141 e. The molecule has 0 saturated heterocycles. The highest BCUT2D eigenvalue weighted by Gasteiger charge is 2.51. The van der Waals surface area contributed by atoms with Gasteiger partial charge >= 0.3 is 0 Å². The Morgan fingerprint density at radius 3 is 2.84 bits per heavy atom. The maximum atomic E-state index is 9.17. The van der Waals surface area contributed by atoms with Gasteiger partial charge in [0.25, 0.3) is 0 Å². The topological polar surface area (TPSA) is 60.7 Å². The van der Waals surface area contributed by atoms with Crippen LogP contribution in [0, 0.1) is 11.3 Å². The second kappa shape index (κ2) is 3.49. The van der Waals surface area contributed by atoms with Crippen LogP contribution in [-0.4, -0.2) is 17.1 Å². The Kier molecular flexibility index (Phi) is 2.06. The number of anilines is 1. The normalized spacial score (nSPS) is 23.6. The number of rotatable bonds is 3. The lowest BCUT2D eigenvalue weighted by Gasteiger charge is -2.14. The van der Waals surface area contributed by atoms with Gasteiger partial charge in [-0.1, -0.05) is 0 Å². The standard InChI is InChI=1S/C15H18N4/c1-14(2-3-14)18-8-10-6-11(7-16)19-13-12(10)17-9-15(13)4-5-15/h6,17-18H,2-5,8-9H2,1H3. The van der Waals surface area contributed by atoms with Gasteiger partial charge in [0.2, 0.25) is 0 Å². The summed E-state index contributed by atoms with van der Waals surface area (Å²) in [6, 6.07) is 4.15. The van der Waals surface area contributed by atoms with Crippen molar-refractivity contribution in [2.75, 3.05) is 11.9 Å². The minimum atomic E-state index is 0.250. The molecule has 1 aromatic heterocycles. The predicted molar refractivity (Wildman–Crippen MR) is 72.8 cm³/mol. The Morgan fingerprint density at radius 2 is 2.21 bits per heavy atom. The van der Waals surface area contributed by atoms with Crippen LogP contribution in [-0.2, 0) is 12.0 Å². The lowest BCUT2D eigenvalue weighted by molar-refractivity contribution is 0.538. The molecular weight excluding hydrogens is 236 g/mol. The van der Waals surface area contributed by atoms with Crippen LogP contribution >= 0.6 is 0 Å². The zero-order chi connectivity index (χ0) is 13.1. The molecule has 2 N–H and O–H groups in total. The van der Waals surface area contributed by atoms with Gasteiger partial charge in [0, 0.05) is 24.0 Å². The Labute approximate surface area is 113 Å². The molecule has 2 fully saturated rings. The highest BCUT2D eigenvalue weighted by atomic mass is 15.0. The Bertz CT molecular complexity index is 591. The minimum Gasteiger partial charge on any atom is -0.382 e. The molecule has 0 aromatic carbocycles. The first-order valence-electron chi connectivity index (χ1n) is 7.08. The van der Waals surface area contributed by atoms with E-state index in [2.05, 4.69) is 28.6 Å². The third-order valence-electron chi connectivity index (χ3n) is 4.88. The second-order valence-electron chi connectivity index (χ2n) is 6.55. The summed E-state index contributed by atoms with van der Waals surface area (Å²) in [6.07, 6.45) is 4.92. The van der Waals surface area contributed by atoms with E-state index < -0.39 is 0 Å². The van der Waals surface area contributed by atoms with Gasteiger partial charge in [-0.3, -0.25) is 0 Å². The number of hydrogen-bond donors (Lipinski definition) is 2. The molecule has 1 spiro atoms. The van der Waals surface area contributed by atoms with E-state index in [1.165, 1.54) is 36.9 Å². The Hall–Kier alpha value is -1.60. The van der Waals surface area contributed by atoms with Gasteiger partial charge in [0.1, 0.15) is 11.8 Å². The van der Waals surface area contributed by atoms with E-state index in [4.69, 9.17) is 0 Å². The first kappa shape index (κ1) is 11.2. The van der Waals surface area contributed by atoms with Crippen molar-refractivity contribution in [3.05, 3.63) is 23.0 Å². The van der Waals surface area contributed by atoms with Crippen molar-refractivity contribution in [2.45, 2.75) is 50.1 Å². The Balaban J connectivity index is 1.70. The van der Waals surface area contributed by atoms with Gasteiger partial charge in [-0.2, -0.15) is 5.26 Å². The third kappa shape index (κ3) is 1.73. The lowest BCUT2D eigenvalue weighted by atomic mass is 10.0. The number of fused-ring (bicyclic) bond motifs is 2. The molecule has 0 bridgehead atoms. The number of aromatic nitrogens is 1. The van der Waals surface area contributed by atoms with Crippen molar-refractivity contribution in [3.63, 3.8) is 0 Å². The fraction of sp³-hybridized carbons (Fsp3) is 0.600. The molecule has 2 saturated carbocycles. The predicted octanol–water partition coefficient (Wildman–Crippen LogP) is 2.05. The molecule has 1 aromatic rings. The zero-order valence-electron chi connectivity index (χ0n) is 11.2. The molecule has 98 valence electrons. The summed E-state index contributed by atoms with van der Waals surface area (Å²) in [5, 5.41) is 16.3. The molecule has 0 unspecified atom stereocenters. The molecule has 4 nitrogen and oxygen atoms in total. The van der Waals surface area contributed by atoms with Crippen molar-refractivity contribution in [1.29, 1.82) is 5.26 Å². The van der Waals surface area contributed by atoms with Crippen LogP contribution in [0.5, 0.6) is 0 Å². The molecular formula is C15H18N4. The van der Waals surface area contributed by atoms with Crippen LogP contribution in [0.15, 0.2) is 6.07 Å². The number of nitrogens with zero attached hydrogens (tertiary/aromatic N) is 2. The van der Waals surface area contributed by atoms with Crippen LogP contribution in [0.4, 0.5) is 5.69 Å². The van der Waals surface area contributed by atoms with Crippen LogP contribution in [0.25, 0.3) is 0 Å². The molecule has 2 heterocycles. The zero-order valence-corrected chi connectivity index (χ0v) is 11.2. The van der Waals surface area contributed by atoms with Crippen molar-refractivity contribution in [1.82, 2.24) is 10.3 Å². The van der Waals surface area contributed by atoms with Crippen LogP contribution in [0.3, 0.4) is 0 Å². The van der Waals surface area contributed by atoms with Crippen molar-refractivity contribution < 1.29 is 0 Å². The van der Waals surface area contributed by atoms with Crippen molar-refractivity contribution in [2.24, 2.45) is 0 Å². The largest absolute Gasteiger partial charge is 0.382 e. The highest BCUT2D eigenvalue weighted by molar-refractivity contribution is 5.65. The van der Waals surface area contributed by atoms with Crippen molar-refractivity contribution >= 4 is 5.69 Å². The SMILES string of the molecule is CC1(NCc2cc(C#N)nc3c2NCC32CC2)CC1. The summed E-state index contributed by atoms with van der Waals surface area (Å²) in [4.78, 5) is 4.56. The van der Waals surface area contributed by atoms with Gasteiger partial charge in [-0.05, 0) is 44.2 Å². The molecule has 19 heavy (non-hydrogen) atoms. The van der Waals surface area contributed by atoms with Crippen LogP contribution < -0.4 is 10.6 Å². The van der Waals surface area contributed by atoms with Gasteiger partial charge < -0.3 is 10.6 Å². The maximum Gasteiger partial charge on any atom is 0.141 e. The number of nitriles is 1. The second-order valence-corrected chi connectivity index (χ2v) is 6.55. The molecule has 0 radical (unpaired) electrons. The van der Waals surface area contributed by atoms with E-state index in [0.717, 1.165) is 18.8 Å². The van der Waals surface area contributed by atoms with Gasteiger partial charge in [-0.15, -0.1) is 0 Å². The van der Waals surface area contributed by atoms with Crippen LogP contribution in [0.1, 0.15) is 49.6 Å². The number of hydrogen-bond acceptors (Lipinski definition) is 4.